The molecule has 1 aromatic heterocycles. The van der Waals surface area contributed by atoms with Crippen LogP contribution in [0.2, 0.25) is 0 Å². The predicted octanol–water partition coefficient (Wildman–Crippen LogP) is 2.14. The number of hydrogen-bond donors (Lipinski definition) is 1. The maximum absolute atomic E-state index is 12.2. The van der Waals surface area contributed by atoms with Gasteiger partial charge in [0.15, 0.2) is 0 Å². The molecule has 0 aliphatic heterocycles. The van der Waals surface area contributed by atoms with Gasteiger partial charge in [0.1, 0.15) is 0 Å². The molecule has 2 rings (SSSR count). The van der Waals surface area contributed by atoms with Crippen molar-refractivity contribution in [3.05, 3.63) is 73.6 Å². The molecule has 0 aliphatic rings. The fourth-order valence-electron chi connectivity index (χ4n) is 2.00. The summed E-state index contributed by atoms with van der Waals surface area (Å²) in [7, 11) is 0. The van der Waals surface area contributed by atoms with Gasteiger partial charge in [0, 0.05) is 30.6 Å². The molecule has 0 unspecified atom stereocenters. The van der Waals surface area contributed by atoms with E-state index in [0.29, 0.717) is 0 Å². The number of rotatable bonds is 5. The van der Waals surface area contributed by atoms with Gasteiger partial charge in [-0.05, 0) is 18.6 Å². The number of benzene rings is 1. The summed E-state index contributed by atoms with van der Waals surface area (Å²) < 4.78 is 0. The van der Waals surface area contributed by atoms with Crippen LogP contribution in [-0.4, -0.2) is 20.7 Å². The van der Waals surface area contributed by atoms with Crippen LogP contribution in [0, 0.1) is 27.2 Å². The molecule has 0 atom stereocenters. The first-order valence-electron chi connectivity index (χ1n) is 6.50. The second-order valence-corrected chi connectivity index (χ2v) is 4.70. The topological polar surface area (TPSA) is 128 Å². The van der Waals surface area contributed by atoms with Crippen molar-refractivity contribution in [2.75, 3.05) is 0 Å². The van der Waals surface area contributed by atoms with Gasteiger partial charge in [-0.2, -0.15) is 0 Å². The Morgan fingerprint density at radius 1 is 1.26 bits per heavy atom. The molecule has 1 heterocycles. The molecular weight excluding hydrogens is 304 g/mol. The van der Waals surface area contributed by atoms with Crippen LogP contribution in [0.15, 0.2) is 36.7 Å². The number of hydrogen-bond acceptors (Lipinski definition) is 6. The summed E-state index contributed by atoms with van der Waals surface area (Å²) in [6, 6.07) is 5.31. The molecule has 0 bridgehead atoms. The van der Waals surface area contributed by atoms with Crippen molar-refractivity contribution < 1.29 is 14.6 Å². The number of non-ortho nitro benzene ring substituents is 1. The van der Waals surface area contributed by atoms with Crippen molar-refractivity contribution in [2.24, 2.45) is 0 Å². The third-order valence-corrected chi connectivity index (χ3v) is 3.19. The van der Waals surface area contributed by atoms with E-state index in [2.05, 4.69) is 10.3 Å². The second-order valence-electron chi connectivity index (χ2n) is 4.70. The summed E-state index contributed by atoms with van der Waals surface area (Å²) in [5.74, 6) is -0.627. The van der Waals surface area contributed by atoms with Gasteiger partial charge in [-0.25, -0.2) is 0 Å². The van der Waals surface area contributed by atoms with Crippen molar-refractivity contribution >= 4 is 17.3 Å². The zero-order valence-electron chi connectivity index (χ0n) is 12.1. The number of nitrogens with one attached hydrogen (secondary N) is 1. The molecular formula is C14H12N4O5. The van der Waals surface area contributed by atoms with Crippen molar-refractivity contribution in [3.8, 4) is 0 Å². The first-order valence-corrected chi connectivity index (χ1v) is 6.50. The van der Waals surface area contributed by atoms with Crippen LogP contribution in [0.25, 0.3) is 0 Å². The first-order chi connectivity index (χ1) is 10.9. The Labute approximate surface area is 130 Å². The minimum Gasteiger partial charge on any atom is -0.348 e. The lowest BCUT2D eigenvalue weighted by Crippen LogP contribution is -2.24. The first kappa shape index (κ1) is 16.0. The van der Waals surface area contributed by atoms with Crippen molar-refractivity contribution in [2.45, 2.75) is 13.5 Å². The van der Waals surface area contributed by atoms with Crippen LogP contribution in [-0.2, 0) is 6.54 Å². The Bertz CT molecular complexity index is 776. The van der Waals surface area contributed by atoms with Crippen LogP contribution < -0.4 is 5.32 Å². The van der Waals surface area contributed by atoms with E-state index in [9.17, 15) is 25.0 Å². The molecule has 1 amide bonds. The summed E-state index contributed by atoms with van der Waals surface area (Å²) in [6.07, 6.45) is 3.14. The molecule has 0 saturated heterocycles. The Balaban J connectivity index is 2.31. The molecule has 1 N–H and O–H groups in total. The summed E-state index contributed by atoms with van der Waals surface area (Å²) in [5, 5.41) is 24.4. The molecule has 2 aromatic rings. The van der Waals surface area contributed by atoms with Gasteiger partial charge < -0.3 is 5.32 Å². The van der Waals surface area contributed by atoms with Crippen molar-refractivity contribution in [1.82, 2.24) is 10.3 Å². The Kier molecular flexibility index (Phi) is 4.60. The summed E-state index contributed by atoms with van der Waals surface area (Å²) in [4.78, 5) is 36.5. The standard InChI is InChI=1S/C14H12N4O5/c1-9-12(5-11(17(20)21)6-13(9)18(22)23)14(19)16-8-10-3-2-4-15-7-10/h2-7H,8H2,1H3,(H,16,19). The fraction of sp³-hybridized carbons (Fsp3) is 0.143. The Morgan fingerprint density at radius 2 is 2.00 bits per heavy atom. The third-order valence-electron chi connectivity index (χ3n) is 3.19. The van der Waals surface area contributed by atoms with Gasteiger partial charge >= 0.3 is 0 Å². The molecule has 0 spiro atoms. The lowest BCUT2D eigenvalue weighted by molar-refractivity contribution is -0.394. The largest absolute Gasteiger partial charge is 0.348 e. The highest BCUT2D eigenvalue weighted by Crippen LogP contribution is 2.27. The molecule has 9 heteroatoms. The fourth-order valence-corrected chi connectivity index (χ4v) is 2.00. The average molecular weight is 316 g/mol. The monoisotopic (exact) mass is 316 g/mol. The van der Waals surface area contributed by atoms with Crippen LogP contribution in [0.4, 0.5) is 11.4 Å². The van der Waals surface area contributed by atoms with E-state index < -0.39 is 27.1 Å². The van der Waals surface area contributed by atoms with Gasteiger partial charge in [0.2, 0.25) is 0 Å². The highest BCUT2D eigenvalue weighted by atomic mass is 16.6. The maximum Gasteiger partial charge on any atom is 0.279 e. The zero-order valence-corrected chi connectivity index (χ0v) is 12.1. The van der Waals surface area contributed by atoms with Gasteiger partial charge in [-0.3, -0.25) is 30.0 Å². The molecule has 118 valence electrons. The van der Waals surface area contributed by atoms with Crippen LogP contribution in [0.1, 0.15) is 21.5 Å². The van der Waals surface area contributed by atoms with Crippen LogP contribution >= 0.6 is 0 Å². The number of aromatic nitrogens is 1. The smallest absolute Gasteiger partial charge is 0.279 e. The number of carbonyl (C=O) groups is 1. The van der Waals surface area contributed by atoms with E-state index in [1.807, 2.05) is 0 Å². The zero-order chi connectivity index (χ0) is 17.0. The van der Waals surface area contributed by atoms with Gasteiger partial charge in [-0.1, -0.05) is 6.07 Å². The minimum atomic E-state index is -0.773. The second kappa shape index (κ2) is 6.60. The lowest BCUT2D eigenvalue weighted by atomic mass is 10.0. The Morgan fingerprint density at radius 3 is 2.57 bits per heavy atom. The van der Waals surface area contributed by atoms with Crippen LogP contribution in [0.5, 0.6) is 0 Å². The molecule has 0 fully saturated rings. The van der Waals surface area contributed by atoms with Crippen LogP contribution in [0.3, 0.4) is 0 Å². The molecule has 1 aromatic carbocycles. The van der Waals surface area contributed by atoms with E-state index in [1.54, 1.807) is 24.5 Å². The molecule has 0 aliphatic carbocycles. The molecule has 9 nitrogen and oxygen atoms in total. The Hall–Kier alpha value is -3.36. The number of pyridine rings is 1. The van der Waals surface area contributed by atoms with E-state index in [-0.39, 0.29) is 17.7 Å². The number of nitro benzene ring substituents is 2. The van der Waals surface area contributed by atoms with E-state index in [4.69, 9.17) is 0 Å². The quantitative estimate of drug-likeness (QED) is 0.664. The van der Waals surface area contributed by atoms with E-state index >= 15 is 0 Å². The highest BCUT2D eigenvalue weighted by molar-refractivity contribution is 5.97. The molecule has 0 radical (unpaired) electrons. The number of amides is 1. The number of nitrogens with zero attached hydrogens (tertiary/aromatic N) is 3. The summed E-state index contributed by atoms with van der Waals surface area (Å²) >= 11 is 0. The average Bonchev–Trinajstić information content (AvgIpc) is 2.53. The highest BCUT2D eigenvalue weighted by Gasteiger charge is 2.24. The molecule has 23 heavy (non-hydrogen) atoms. The summed E-state index contributed by atoms with van der Waals surface area (Å²) in [5.41, 5.74) is -0.267. The van der Waals surface area contributed by atoms with Gasteiger partial charge in [0.05, 0.1) is 21.5 Å². The number of nitro groups is 2. The third kappa shape index (κ3) is 3.64. The van der Waals surface area contributed by atoms with E-state index in [1.165, 1.54) is 6.92 Å². The normalized spacial score (nSPS) is 10.1. The minimum absolute atomic E-state index is 0.0734. The number of carbonyl (C=O) groups excluding carboxylic acids is 1. The SMILES string of the molecule is Cc1c(C(=O)NCc2cccnc2)cc([N+](=O)[O-])cc1[N+](=O)[O-]. The predicted molar refractivity (Wildman–Crippen MR) is 79.9 cm³/mol. The van der Waals surface area contributed by atoms with E-state index in [0.717, 1.165) is 17.7 Å². The van der Waals surface area contributed by atoms with Crippen molar-refractivity contribution in [1.29, 1.82) is 0 Å². The van der Waals surface area contributed by atoms with Gasteiger partial charge in [-0.15, -0.1) is 0 Å². The molecule has 0 saturated carbocycles. The maximum atomic E-state index is 12.2. The summed E-state index contributed by atoms with van der Waals surface area (Å²) in [6.45, 7) is 1.53. The van der Waals surface area contributed by atoms with Crippen molar-refractivity contribution in [3.63, 3.8) is 0 Å². The van der Waals surface area contributed by atoms with Gasteiger partial charge in [0.25, 0.3) is 17.3 Å². The lowest BCUT2D eigenvalue weighted by Gasteiger charge is -2.08.